The fraction of sp³-hybridized carbons (Fsp3) is 0.500. The Morgan fingerprint density at radius 2 is 1.80 bits per heavy atom. The molecule has 1 aromatic rings. The third kappa shape index (κ3) is 4.06. The summed E-state index contributed by atoms with van der Waals surface area (Å²) in [6.45, 7) is 7.97. The molecule has 1 heterocycles. The normalized spacial score (nSPS) is 18.2. The monoisotopic (exact) mass is 363 g/mol. The molecule has 1 unspecified atom stereocenters. The summed E-state index contributed by atoms with van der Waals surface area (Å²) in [5.41, 5.74) is 0.287. The van der Waals surface area contributed by atoms with Crippen LogP contribution < -0.4 is 0 Å². The lowest BCUT2D eigenvalue weighted by atomic mass is 9.82. The van der Waals surface area contributed by atoms with Gasteiger partial charge in [0.2, 0.25) is 0 Å². The smallest absolute Gasteiger partial charge is 0.290 e. The van der Waals surface area contributed by atoms with Gasteiger partial charge in [-0.2, -0.15) is 0 Å². The number of benzene rings is 1. The molecule has 1 aliphatic rings. The number of hydrogen-bond acceptors (Lipinski definition) is 3. The number of amides is 1. The molecule has 1 amide bonds. The Kier molecular flexibility index (Phi) is 5.94. The molecule has 4 nitrogen and oxygen atoms in total. The third-order valence-electron chi connectivity index (χ3n) is 4.42. The van der Waals surface area contributed by atoms with E-state index in [-0.39, 0.29) is 11.4 Å². The van der Waals surface area contributed by atoms with Crippen molar-refractivity contribution in [1.82, 2.24) is 4.90 Å². The van der Waals surface area contributed by atoms with Crippen LogP contribution >= 0.6 is 11.6 Å². The number of nitrogens with zero attached hydrogens (tertiary/aromatic N) is 1. The summed E-state index contributed by atoms with van der Waals surface area (Å²) < 4.78 is 0. The van der Waals surface area contributed by atoms with E-state index in [0.717, 1.165) is 24.8 Å². The van der Waals surface area contributed by atoms with Crippen LogP contribution in [0.15, 0.2) is 35.6 Å². The molecule has 1 atom stereocenters. The van der Waals surface area contributed by atoms with Crippen LogP contribution in [0.25, 0.3) is 0 Å². The highest BCUT2D eigenvalue weighted by Gasteiger charge is 2.45. The average molecular weight is 364 g/mol. The summed E-state index contributed by atoms with van der Waals surface area (Å²) in [5, 5.41) is 11.0. The lowest BCUT2D eigenvalue weighted by molar-refractivity contribution is -0.129. The molecule has 0 radical (unpaired) electrons. The summed E-state index contributed by atoms with van der Waals surface area (Å²) >= 11 is 5.98. The molecule has 0 fully saturated rings. The average Bonchev–Trinajstić information content (AvgIpc) is 2.79. The highest BCUT2D eigenvalue weighted by molar-refractivity contribution is 6.30. The van der Waals surface area contributed by atoms with Gasteiger partial charge in [-0.3, -0.25) is 9.59 Å². The van der Waals surface area contributed by atoms with E-state index < -0.39 is 23.1 Å². The van der Waals surface area contributed by atoms with Crippen LogP contribution in [0.4, 0.5) is 0 Å². The van der Waals surface area contributed by atoms with Gasteiger partial charge in [-0.25, -0.2) is 0 Å². The van der Waals surface area contributed by atoms with Gasteiger partial charge in [0.1, 0.15) is 0 Å². The summed E-state index contributed by atoms with van der Waals surface area (Å²) in [6.07, 6.45) is 2.85. The van der Waals surface area contributed by atoms with Crippen molar-refractivity contribution in [3.8, 4) is 0 Å². The van der Waals surface area contributed by atoms with Crippen LogP contribution in [0.3, 0.4) is 0 Å². The summed E-state index contributed by atoms with van der Waals surface area (Å²) in [7, 11) is 0. The third-order valence-corrected chi connectivity index (χ3v) is 4.67. The molecule has 0 saturated carbocycles. The minimum Gasteiger partial charge on any atom is -0.503 e. The van der Waals surface area contributed by atoms with Crippen LogP contribution in [0.2, 0.25) is 5.02 Å². The fourth-order valence-corrected chi connectivity index (χ4v) is 3.17. The van der Waals surface area contributed by atoms with Gasteiger partial charge in [-0.15, -0.1) is 0 Å². The van der Waals surface area contributed by atoms with Gasteiger partial charge in [-0.05, 0) is 24.1 Å². The second kappa shape index (κ2) is 7.61. The number of aliphatic hydroxyl groups excluding tert-OH is 1. The standard InChI is InChI=1S/C20H26ClNO3/c1-5-6-7-12-22-16(13-8-10-14(21)11-9-13)15(17(23)19(22)25)18(24)20(2,3)4/h8-11,16,23H,5-7,12H2,1-4H3. The molecular weight excluding hydrogens is 338 g/mol. The Morgan fingerprint density at radius 1 is 1.20 bits per heavy atom. The zero-order valence-electron chi connectivity index (χ0n) is 15.3. The zero-order valence-corrected chi connectivity index (χ0v) is 16.1. The van der Waals surface area contributed by atoms with E-state index in [2.05, 4.69) is 6.92 Å². The summed E-state index contributed by atoms with van der Waals surface area (Å²) in [6, 6.07) is 6.53. The molecule has 2 rings (SSSR count). The Bertz CT molecular complexity index is 686. The number of carbonyl (C=O) groups excluding carboxylic acids is 2. The molecular formula is C20H26ClNO3. The number of unbranched alkanes of at least 4 members (excludes halogenated alkanes) is 2. The van der Waals surface area contributed by atoms with Crippen molar-refractivity contribution in [2.45, 2.75) is 53.0 Å². The Labute approximate surface area is 154 Å². The molecule has 0 spiro atoms. The lowest BCUT2D eigenvalue weighted by Gasteiger charge is -2.29. The largest absolute Gasteiger partial charge is 0.503 e. The topological polar surface area (TPSA) is 57.6 Å². The lowest BCUT2D eigenvalue weighted by Crippen LogP contribution is -2.33. The van der Waals surface area contributed by atoms with Gasteiger partial charge in [0.15, 0.2) is 11.5 Å². The van der Waals surface area contributed by atoms with Gasteiger partial charge >= 0.3 is 0 Å². The van der Waals surface area contributed by atoms with Gasteiger partial charge in [0.05, 0.1) is 11.6 Å². The van der Waals surface area contributed by atoms with Gasteiger partial charge in [-0.1, -0.05) is 64.3 Å². The first-order chi connectivity index (χ1) is 11.7. The van der Waals surface area contributed by atoms with E-state index in [1.165, 1.54) is 0 Å². The quantitative estimate of drug-likeness (QED) is 0.735. The van der Waals surface area contributed by atoms with Crippen molar-refractivity contribution >= 4 is 23.3 Å². The van der Waals surface area contributed by atoms with E-state index in [4.69, 9.17) is 11.6 Å². The molecule has 1 N–H and O–H groups in total. The minimum atomic E-state index is -0.687. The number of ketones is 1. The van der Waals surface area contributed by atoms with Crippen LogP contribution in [0, 0.1) is 5.41 Å². The van der Waals surface area contributed by atoms with E-state index in [0.29, 0.717) is 11.6 Å². The van der Waals surface area contributed by atoms with Crippen molar-refractivity contribution in [2.24, 2.45) is 5.41 Å². The second-order valence-corrected chi connectivity index (χ2v) is 7.94. The van der Waals surface area contributed by atoms with Gasteiger partial charge < -0.3 is 10.0 Å². The van der Waals surface area contributed by atoms with Crippen LogP contribution in [0.1, 0.15) is 58.6 Å². The Hall–Kier alpha value is -1.81. The maximum absolute atomic E-state index is 12.9. The van der Waals surface area contributed by atoms with Crippen molar-refractivity contribution in [1.29, 1.82) is 0 Å². The number of hydrogen-bond donors (Lipinski definition) is 1. The second-order valence-electron chi connectivity index (χ2n) is 7.50. The van der Waals surface area contributed by atoms with Crippen molar-refractivity contribution in [3.05, 3.63) is 46.2 Å². The van der Waals surface area contributed by atoms with Crippen LogP contribution in [-0.4, -0.2) is 28.2 Å². The molecule has 0 aliphatic carbocycles. The molecule has 136 valence electrons. The zero-order chi connectivity index (χ0) is 18.8. The predicted molar refractivity (Wildman–Crippen MR) is 99.5 cm³/mol. The van der Waals surface area contributed by atoms with Crippen LogP contribution in [-0.2, 0) is 9.59 Å². The first kappa shape index (κ1) is 19.5. The van der Waals surface area contributed by atoms with E-state index >= 15 is 0 Å². The van der Waals surface area contributed by atoms with Crippen molar-refractivity contribution < 1.29 is 14.7 Å². The highest BCUT2D eigenvalue weighted by atomic mass is 35.5. The number of aliphatic hydroxyl groups is 1. The van der Waals surface area contributed by atoms with E-state index in [1.54, 1.807) is 37.8 Å². The Morgan fingerprint density at radius 3 is 2.32 bits per heavy atom. The summed E-state index contributed by atoms with van der Waals surface area (Å²) in [4.78, 5) is 27.2. The maximum Gasteiger partial charge on any atom is 0.290 e. The Balaban J connectivity index is 2.48. The molecule has 0 saturated heterocycles. The summed E-state index contributed by atoms with van der Waals surface area (Å²) in [5.74, 6) is -1.10. The molecule has 25 heavy (non-hydrogen) atoms. The first-order valence-corrected chi connectivity index (χ1v) is 9.10. The number of Topliss-reactive ketones (excluding diaryl/α,β-unsaturated/α-hetero) is 1. The maximum atomic E-state index is 12.9. The predicted octanol–water partition coefficient (Wildman–Crippen LogP) is 4.84. The van der Waals surface area contributed by atoms with Gasteiger partial charge in [0, 0.05) is 17.0 Å². The van der Waals surface area contributed by atoms with Crippen molar-refractivity contribution in [3.63, 3.8) is 0 Å². The van der Waals surface area contributed by atoms with Crippen molar-refractivity contribution in [2.75, 3.05) is 6.54 Å². The van der Waals surface area contributed by atoms with E-state index in [9.17, 15) is 14.7 Å². The molecule has 0 aromatic heterocycles. The van der Waals surface area contributed by atoms with Gasteiger partial charge in [0.25, 0.3) is 5.91 Å². The molecule has 1 aliphatic heterocycles. The van der Waals surface area contributed by atoms with Crippen LogP contribution in [0.5, 0.6) is 0 Å². The molecule has 1 aromatic carbocycles. The number of halogens is 1. The number of rotatable bonds is 6. The molecule has 5 heteroatoms. The first-order valence-electron chi connectivity index (χ1n) is 8.72. The van der Waals surface area contributed by atoms with E-state index in [1.807, 2.05) is 12.1 Å². The minimum absolute atomic E-state index is 0.191. The molecule has 0 bridgehead atoms. The number of carbonyl (C=O) groups is 2. The highest BCUT2D eigenvalue weighted by Crippen LogP contribution is 2.41. The fourth-order valence-electron chi connectivity index (χ4n) is 3.04. The SMILES string of the molecule is CCCCCN1C(=O)C(O)=C(C(=O)C(C)(C)C)C1c1ccc(Cl)cc1.